The second-order valence-corrected chi connectivity index (χ2v) is 26.7. The topological polar surface area (TPSA) is 6.48 Å². The Bertz CT molecular complexity index is 3930. The molecule has 0 atom stereocenters. The van der Waals surface area contributed by atoms with E-state index in [-0.39, 0.29) is 17.5 Å². The molecule has 75 heavy (non-hydrogen) atoms. The Balaban J connectivity index is 1.000. The zero-order valence-corrected chi connectivity index (χ0v) is 45.4. The first-order valence-corrected chi connectivity index (χ1v) is 28.8. The van der Waals surface area contributed by atoms with Gasteiger partial charge in [-0.1, -0.05) is 163 Å². The molecule has 0 spiro atoms. The second kappa shape index (κ2) is 16.3. The van der Waals surface area contributed by atoms with Crippen molar-refractivity contribution in [2.75, 3.05) is 9.80 Å². The summed E-state index contributed by atoms with van der Waals surface area (Å²) in [5.41, 5.74) is 21.3. The Morgan fingerprint density at radius 2 is 1.01 bits per heavy atom. The molecule has 4 fully saturated rings. The minimum Gasteiger partial charge on any atom is -0.311 e. The molecule has 0 unspecified atom stereocenters. The average molecular weight is 989 g/mol. The molecule has 10 aromatic rings. The van der Waals surface area contributed by atoms with Gasteiger partial charge in [0.05, 0.1) is 5.69 Å². The third-order valence-corrected chi connectivity index (χ3v) is 19.9. The molecule has 6 aliphatic rings. The van der Waals surface area contributed by atoms with Crippen LogP contribution in [0.3, 0.4) is 0 Å². The largest absolute Gasteiger partial charge is 0.311 e. The van der Waals surface area contributed by atoms with Crippen LogP contribution in [-0.4, -0.2) is 6.71 Å². The van der Waals surface area contributed by atoms with Crippen molar-refractivity contribution in [3.8, 4) is 22.3 Å². The van der Waals surface area contributed by atoms with Crippen LogP contribution in [0.5, 0.6) is 0 Å². The van der Waals surface area contributed by atoms with E-state index >= 15 is 0 Å². The Labute approximate surface area is 448 Å². The number of hydrogen-bond acceptors (Lipinski definition) is 3. The zero-order valence-electron chi connectivity index (χ0n) is 44.6. The van der Waals surface area contributed by atoms with Gasteiger partial charge < -0.3 is 9.80 Å². The molecule has 0 radical (unpaired) electrons. The van der Waals surface area contributed by atoms with E-state index in [1.807, 2.05) is 11.3 Å². The van der Waals surface area contributed by atoms with Gasteiger partial charge in [0, 0.05) is 43.3 Å². The van der Waals surface area contributed by atoms with Crippen LogP contribution >= 0.6 is 11.3 Å². The van der Waals surface area contributed by atoms with Crippen LogP contribution in [0.1, 0.15) is 102 Å². The van der Waals surface area contributed by atoms with Crippen LogP contribution in [0.25, 0.3) is 53.9 Å². The van der Waals surface area contributed by atoms with Gasteiger partial charge in [-0.3, -0.25) is 0 Å². The minimum atomic E-state index is -0.0516. The monoisotopic (exact) mass is 988 g/mol. The maximum Gasteiger partial charge on any atom is 0.264 e. The van der Waals surface area contributed by atoms with Crippen molar-refractivity contribution in [1.82, 2.24) is 0 Å². The normalized spacial score (nSPS) is 20.5. The number of thiophene rings is 1. The number of anilines is 6. The van der Waals surface area contributed by atoms with Crippen LogP contribution in [0, 0.1) is 24.7 Å². The molecule has 2 aliphatic heterocycles. The standard InChI is InChI=1S/C71H65BN2S/c1-43-32-61-66-62(33-43)74(52-26-22-49(23-27-52)71-40-44-34-45(41-71)36-46(35-44)42-71)67-58-37-50(69(2,3)4)25-31-63(58)75-68(67)72(66)59-30-24-51(70(5,6)7)38-60(59)73(61)53-28-29-56-57(39-53)65(48-18-12-9-13-19-48)55-21-15-14-20-54(55)64(56)47-16-10-8-11-17-47/h8-33,37-39,44-46H,34-36,40-42H2,1-7H3. The van der Waals surface area contributed by atoms with Gasteiger partial charge in [0.2, 0.25) is 0 Å². The van der Waals surface area contributed by atoms with Gasteiger partial charge >= 0.3 is 0 Å². The summed E-state index contributed by atoms with van der Waals surface area (Å²) in [6.45, 7) is 16.5. The highest BCUT2D eigenvalue weighted by Crippen LogP contribution is 2.61. The third-order valence-electron chi connectivity index (χ3n) is 18.7. The minimum absolute atomic E-state index is 0.0133. The number of nitrogens with zero attached hydrogens (tertiary/aromatic N) is 2. The molecule has 4 aliphatic carbocycles. The fraction of sp³-hybridized carbons (Fsp3) is 0.268. The smallest absolute Gasteiger partial charge is 0.264 e. The van der Waals surface area contributed by atoms with Crippen LogP contribution in [-0.2, 0) is 16.2 Å². The van der Waals surface area contributed by atoms with Crippen molar-refractivity contribution in [3.63, 3.8) is 0 Å². The van der Waals surface area contributed by atoms with Gasteiger partial charge in [0.25, 0.3) is 6.71 Å². The van der Waals surface area contributed by atoms with Gasteiger partial charge in [0.1, 0.15) is 0 Å². The van der Waals surface area contributed by atoms with E-state index in [0.717, 1.165) is 17.8 Å². The molecule has 3 heterocycles. The van der Waals surface area contributed by atoms with Crippen molar-refractivity contribution in [1.29, 1.82) is 0 Å². The van der Waals surface area contributed by atoms with Crippen LogP contribution in [0.15, 0.2) is 176 Å². The summed E-state index contributed by atoms with van der Waals surface area (Å²) in [6, 6.07) is 68.6. The first-order chi connectivity index (χ1) is 36.3. The van der Waals surface area contributed by atoms with Gasteiger partial charge in [0.15, 0.2) is 0 Å². The lowest BCUT2D eigenvalue weighted by atomic mass is 9.36. The number of hydrogen-bond donors (Lipinski definition) is 0. The summed E-state index contributed by atoms with van der Waals surface area (Å²) in [5.74, 6) is 2.73. The fourth-order valence-electron chi connectivity index (χ4n) is 15.7. The summed E-state index contributed by atoms with van der Waals surface area (Å²) >= 11 is 2.01. The van der Waals surface area contributed by atoms with E-state index in [9.17, 15) is 0 Å². The number of rotatable bonds is 5. The van der Waals surface area contributed by atoms with Gasteiger partial charge in [-0.05, 0) is 211 Å². The predicted molar refractivity (Wildman–Crippen MR) is 324 cm³/mol. The Morgan fingerprint density at radius 1 is 0.480 bits per heavy atom. The molecule has 0 amide bonds. The predicted octanol–water partition coefficient (Wildman–Crippen LogP) is 18.0. The molecule has 0 N–H and O–H groups in total. The van der Waals surface area contributed by atoms with Crippen LogP contribution < -0.4 is 25.5 Å². The molecule has 368 valence electrons. The van der Waals surface area contributed by atoms with Crippen molar-refractivity contribution in [2.24, 2.45) is 17.8 Å². The number of fused-ring (bicyclic) bond motifs is 8. The van der Waals surface area contributed by atoms with E-state index in [1.165, 1.54) is 159 Å². The SMILES string of the molecule is Cc1cc2c3c(c1)N(c1ccc(C45CC6CC(CC(C6)C4)C5)cc1)c1c(sc4ccc(C(C)(C)C)cc14)B3c1ccc(C(C)(C)C)cc1N2c1ccc2c(-c3ccccc3)c3ccccc3c(-c3ccccc3)c2c1. The maximum atomic E-state index is 2.70. The highest BCUT2D eigenvalue weighted by Gasteiger charge is 2.52. The molecule has 4 saturated carbocycles. The number of aryl methyl sites for hydroxylation is 1. The average Bonchev–Trinajstić information content (AvgIpc) is 3.78. The molecular formula is C71H65BN2S. The molecule has 4 heteroatoms. The van der Waals surface area contributed by atoms with Crippen molar-refractivity contribution >= 4 is 99.5 Å². The molecule has 1 aromatic heterocycles. The Morgan fingerprint density at radius 3 is 1.63 bits per heavy atom. The van der Waals surface area contributed by atoms with E-state index < -0.39 is 0 Å². The third kappa shape index (κ3) is 6.97. The Kier molecular flexibility index (Phi) is 9.90. The van der Waals surface area contributed by atoms with Gasteiger partial charge in [-0.25, -0.2) is 0 Å². The van der Waals surface area contributed by atoms with Gasteiger partial charge in [-0.15, -0.1) is 11.3 Å². The van der Waals surface area contributed by atoms with Crippen molar-refractivity contribution < 1.29 is 0 Å². The summed E-state index contributed by atoms with van der Waals surface area (Å²) in [6.07, 6.45) is 8.52. The second-order valence-electron chi connectivity index (χ2n) is 25.6. The van der Waals surface area contributed by atoms with Crippen molar-refractivity contribution in [3.05, 3.63) is 198 Å². The summed E-state index contributed by atoms with van der Waals surface area (Å²) in [7, 11) is 0. The van der Waals surface area contributed by atoms with E-state index in [2.05, 4.69) is 234 Å². The molecule has 16 rings (SSSR count). The van der Waals surface area contributed by atoms with Crippen LogP contribution in [0.4, 0.5) is 34.1 Å². The first kappa shape index (κ1) is 45.5. The first-order valence-electron chi connectivity index (χ1n) is 27.9. The van der Waals surface area contributed by atoms with E-state index in [4.69, 9.17) is 0 Å². The van der Waals surface area contributed by atoms with Crippen LogP contribution in [0.2, 0.25) is 0 Å². The molecule has 9 aromatic carbocycles. The van der Waals surface area contributed by atoms with E-state index in [1.54, 1.807) is 5.56 Å². The summed E-state index contributed by atoms with van der Waals surface area (Å²) in [5, 5.41) is 6.43. The fourth-order valence-corrected chi connectivity index (χ4v) is 17.0. The van der Waals surface area contributed by atoms with E-state index in [0.29, 0.717) is 5.41 Å². The van der Waals surface area contributed by atoms with Crippen molar-refractivity contribution in [2.45, 2.75) is 103 Å². The highest BCUT2D eigenvalue weighted by molar-refractivity contribution is 7.33. The molecule has 4 bridgehead atoms. The quantitative estimate of drug-likeness (QED) is 0.125. The molecular weight excluding hydrogens is 924 g/mol. The summed E-state index contributed by atoms with van der Waals surface area (Å²) in [4.78, 5) is 5.36. The van der Waals surface area contributed by atoms with Gasteiger partial charge in [-0.2, -0.15) is 0 Å². The molecule has 2 nitrogen and oxygen atoms in total. The lowest BCUT2D eigenvalue weighted by molar-refractivity contribution is -0.00518. The highest BCUT2D eigenvalue weighted by atomic mass is 32.1. The Hall–Kier alpha value is -6.88. The summed E-state index contributed by atoms with van der Waals surface area (Å²) < 4.78 is 2.79. The zero-order chi connectivity index (χ0) is 50.7. The maximum absolute atomic E-state index is 2.70. The lowest BCUT2D eigenvalue weighted by Crippen LogP contribution is -2.60. The lowest BCUT2D eigenvalue weighted by Gasteiger charge is -2.57. The number of benzene rings is 9. The molecule has 0 saturated heterocycles.